The molecule has 3 rings (SSSR count). The molecule has 0 aliphatic heterocycles. The fourth-order valence-electron chi connectivity index (χ4n) is 2.99. The summed E-state index contributed by atoms with van der Waals surface area (Å²) < 4.78 is 15.6. The van der Waals surface area contributed by atoms with E-state index in [1.54, 1.807) is 38.1 Å². The lowest BCUT2D eigenvalue weighted by Crippen LogP contribution is -2.46. The zero-order valence-corrected chi connectivity index (χ0v) is 16.2. The quantitative estimate of drug-likeness (QED) is 0.639. The molecule has 29 heavy (non-hydrogen) atoms. The molecule has 1 heterocycles. The SMILES string of the molecule is CCN(CC)C(=O)c1nn(-c2cccc(F)c2)c(=O)n(Cc2ccccc2)c1=O. The number of nitrogens with zero attached hydrogens (tertiary/aromatic N) is 4. The van der Waals surface area contributed by atoms with Gasteiger partial charge in [-0.3, -0.25) is 14.2 Å². The van der Waals surface area contributed by atoms with Crippen LogP contribution in [-0.2, 0) is 6.54 Å². The molecule has 0 atom stereocenters. The van der Waals surface area contributed by atoms with Crippen LogP contribution in [0, 0.1) is 5.82 Å². The fraction of sp³-hybridized carbons (Fsp3) is 0.238. The van der Waals surface area contributed by atoms with Crippen molar-refractivity contribution in [2.75, 3.05) is 13.1 Å². The largest absolute Gasteiger partial charge is 0.352 e. The van der Waals surface area contributed by atoms with Gasteiger partial charge in [-0.1, -0.05) is 36.4 Å². The highest BCUT2D eigenvalue weighted by atomic mass is 19.1. The van der Waals surface area contributed by atoms with Gasteiger partial charge >= 0.3 is 5.69 Å². The monoisotopic (exact) mass is 396 g/mol. The lowest BCUT2D eigenvalue weighted by molar-refractivity contribution is 0.0761. The van der Waals surface area contributed by atoms with E-state index in [2.05, 4.69) is 5.10 Å². The molecular weight excluding hydrogens is 375 g/mol. The highest BCUT2D eigenvalue weighted by molar-refractivity contribution is 5.91. The maximum Gasteiger partial charge on any atom is 0.352 e. The fourth-order valence-corrected chi connectivity index (χ4v) is 2.99. The number of amides is 1. The third-order valence-electron chi connectivity index (χ3n) is 4.55. The van der Waals surface area contributed by atoms with E-state index in [1.807, 2.05) is 6.07 Å². The number of halogens is 1. The van der Waals surface area contributed by atoms with Gasteiger partial charge in [0, 0.05) is 13.1 Å². The standard InChI is InChI=1S/C21H21FN4O3/c1-3-24(4-2)19(27)18-20(28)25(14-15-9-6-5-7-10-15)21(29)26(23-18)17-12-8-11-16(22)13-17/h5-13H,3-4,14H2,1-2H3. The molecule has 7 nitrogen and oxygen atoms in total. The minimum atomic E-state index is -0.775. The molecular formula is C21H21FN4O3. The Morgan fingerprint density at radius 1 is 1.03 bits per heavy atom. The van der Waals surface area contributed by atoms with Crippen molar-refractivity contribution in [2.45, 2.75) is 20.4 Å². The summed E-state index contributed by atoms with van der Waals surface area (Å²) in [4.78, 5) is 40.3. The Kier molecular flexibility index (Phi) is 6.01. The molecule has 1 amide bonds. The maximum absolute atomic E-state index is 13.7. The van der Waals surface area contributed by atoms with Gasteiger partial charge in [0.15, 0.2) is 0 Å². The molecule has 8 heteroatoms. The Bertz CT molecular complexity index is 1130. The van der Waals surface area contributed by atoms with Crippen molar-refractivity contribution < 1.29 is 9.18 Å². The van der Waals surface area contributed by atoms with E-state index >= 15 is 0 Å². The van der Waals surface area contributed by atoms with Gasteiger partial charge in [0.05, 0.1) is 12.2 Å². The number of hydrogen-bond donors (Lipinski definition) is 0. The summed E-state index contributed by atoms with van der Waals surface area (Å²) in [5.41, 5.74) is -1.06. The maximum atomic E-state index is 13.7. The van der Waals surface area contributed by atoms with Crippen LogP contribution in [0.15, 0.2) is 64.2 Å². The smallest absolute Gasteiger partial charge is 0.338 e. The van der Waals surface area contributed by atoms with Crippen LogP contribution in [0.5, 0.6) is 0 Å². The van der Waals surface area contributed by atoms with E-state index in [0.717, 1.165) is 15.3 Å². The molecule has 2 aromatic carbocycles. The van der Waals surface area contributed by atoms with Crippen molar-refractivity contribution in [2.24, 2.45) is 0 Å². The second-order valence-corrected chi connectivity index (χ2v) is 6.38. The molecule has 1 aromatic heterocycles. The van der Waals surface area contributed by atoms with Gasteiger partial charge in [0.1, 0.15) is 5.82 Å². The Labute approximate surface area is 166 Å². The van der Waals surface area contributed by atoms with Gasteiger partial charge in [-0.05, 0) is 37.6 Å². The molecule has 0 spiro atoms. The first-order valence-electron chi connectivity index (χ1n) is 9.29. The van der Waals surface area contributed by atoms with E-state index < -0.39 is 23.0 Å². The van der Waals surface area contributed by atoms with E-state index in [4.69, 9.17) is 0 Å². The molecule has 0 unspecified atom stereocenters. The topological polar surface area (TPSA) is 77.2 Å². The van der Waals surface area contributed by atoms with Gasteiger partial charge in [0.2, 0.25) is 5.69 Å². The molecule has 0 radical (unpaired) electrons. The molecule has 0 N–H and O–H groups in total. The minimum Gasteiger partial charge on any atom is -0.338 e. The molecule has 0 fully saturated rings. The van der Waals surface area contributed by atoms with Gasteiger partial charge in [-0.2, -0.15) is 9.78 Å². The van der Waals surface area contributed by atoms with Crippen molar-refractivity contribution in [1.82, 2.24) is 19.2 Å². The Hall–Kier alpha value is -3.55. The Balaban J connectivity index is 2.25. The molecule has 0 aliphatic carbocycles. The predicted molar refractivity (Wildman–Crippen MR) is 107 cm³/mol. The van der Waals surface area contributed by atoms with Gasteiger partial charge < -0.3 is 4.90 Å². The van der Waals surface area contributed by atoms with Gasteiger partial charge in [-0.15, -0.1) is 0 Å². The summed E-state index contributed by atoms with van der Waals surface area (Å²) in [5, 5.41) is 4.02. The summed E-state index contributed by atoms with van der Waals surface area (Å²) in [7, 11) is 0. The molecule has 3 aromatic rings. The van der Waals surface area contributed by atoms with Crippen molar-refractivity contribution in [1.29, 1.82) is 0 Å². The second-order valence-electron chi connectivity index (χ2n) is 6.38. The molecule has 0 aliphatic rings. The third-order valence-corrected chi connectivity index (χ3v) is 4.55. The number of hydrogen-bond acceptors (Lipinski definition) is 4. The summed E-state index contributed by atoms with van der Waals surface area (Å²) in [5.74, 6) is -1.14. The predicted octanol–water partition coefficient (Wildman–Crippen LogP) is 2.06. The van der Waals surface area contributed by atoms with Crippen LogP contribution in [0.4, 0.5) is 4.39 Å². The first kappa shape index (κ1) is 20.2. The summed E-state index contributed by atoms with van der Waals surface area (Å²) in [6, 6.07) is 14.2. The molecule has 0 saturated heterocycles. The number of carbonyl (C=O) groups is 1. The van der Waals surface area contributed by atoms with E-state index in [1.165, 1.54) is 23.1 Å². The zero-order valence-electron chi connectivity index (χ0n) is 16.2. The average Bonchev–Trinajstić information content (AvgIpc) is 2.73. The van der Waals surface area contributed by atoms with Crippen molar-refractivity contribution in [3.05, 3.63) is 92.5 Å². The molecule has 0 bridgehead atoms. The van der Waals surface area contributed by atoms with Gasteiger partial charge in [0.25, 0.3) is 11.5 Å². The lowest BCUT2D eigenvalue weighted by atomic mass is 10.2. The number of carbonyl (C=O) groups excluding carboxylic acids is 1. The highest BCUT2D eigenvalue weighted by Crippen LogP contribution is 2.07. The molecule has 0 saturated carbocycles. The number of aromatic nitrogens is 3. The first-order valence-corrected chi connectivity index (χ1v) is 9.29. The molecule has 150 valence electrons. The second kappa shape index (κ2) is 8.64. The Morgan fingerprint density at radius 3 is 2.34 bits per heavy atom. The number of rotatable bonds is 6. The van der Waals surface area contributed by atoms with Crippen molar-refractivity contribution >= 4 is 5.91 Å². The first-order chi connectivity index (χ1) is 14.0. The van der Waals surface area contributed by atoms with Crippen LogP contribution < -0.4 is 11.2 Å². The number of benzene rings is 2. The van der Waals surface area contributed by atoms with Crippen molar-refractivity contribution in [3.63, 3.8) is 0 Å². The summed E-state index contributed by atoms with van der Waals surface area (Å²) in [6.07, 6.45) is 0. The summed E-state index contributed by atoms with van der Waals surface area (Å²) in [6.45, 7) is 4.30. The van der Waals surface area contributed by atoms with E-state index in [9.17, 15) is 18.8 Å². The van der Waals surface area contributed by atoms with Crippen LogP contribution in [0.2, 0.25) is 0 Å². The van der Waals surface area contributed by atoms with Crippen molar-refractivity contribution in [3.8, 4) is 5.69 Å². The average molecular weight is 396 g/mol. The van der Waals surface area contributed by atoms with Crippen LogP contribution in [0.25, 0.3) is 5.69 Å². The zero-order chi connectivity index (χ0) is 21.0. The summed E-state index contributed by atoms with van der Waals surface area (Å²) >= 11 is 0. The minimum absolute atomic E-state index is 0.0329. The third kappa shape index (κ3) is 4.16. The highest BCUT2D eigenvalue weighted by Gasteiger charge is 2.23. The van der Waals surface area contributed by atoms with Gasteiger partial charge in [-0.25, -0.2) is 9.18 Å². The van der Waals surface area contributed by atoms with Crippen LogP contribution in [-0.4, -0.2) is 38.2 Å². The van der Waals surface area contributed by atoms with E-state index in [-0.39, 0.29) is 17.9 Å². The Morgan fingerprint density at radius 2 is 1.72 bits per heavy atom. The van der Waals surface area contributed by atoms with Crippen LogP contribution in [0.3, 0.4) is 0 Å². The van der Waals surface area contributed by atoms with Crippen LogP contribution in [0.1, 0.15) is 29.9 Å². The van der Waals surface area contributed by atoms with Crippen LogP contribution >= 0.6 is 0 Å². The normalized spacial score (nSPS) is 10.7. The lowest BCUT2D eigenvalue weighted by Gasteiger charge is -2.19. The van der Waals surface area contributed by atoms with E-state index in [0.29, 0.717) is 18.7 Å².